The maximum absolute atomic E-state index is 11.9. The number of nitrogen functional groups attached to an aromatic ring is 1. The van der Waals surface area contributed by atoms with E-state index in [4.69, 9.17) is 10.2 Å². The van der Waals surface area contributed by atoms with Gasteiger partial charge in [0, 0.05) is 18.0 Å². The van der Waals surface area contributed by atoms with E-state index in [9.17, 15) is 4.79 Å². The third-order valence-corrected chi connectivity index (χ3v) is 3.58. The summed E-state index contributed by atoms with van der Waals surface area (Å²) in [5.74, 6) is 6.59. The molecular formula is C18H13N7O2. The first-order valence-corrected chi connectivity index (χ1v) is 7.94. The van der Waals surface area contributed by atoms with Crippen molar-refractivity contribution in [1.82, 2.24) is 29.9 Å². The number of amides is 1. The molecule has 4 aromatic rings. The molecule has 1 amide bonds. The molecule has 0 aromatic carbocycles. The Balaban J connectivity index is 1.50. The molecule has 4 heterocycles. The average molecular weight is 359 g/mol. The van der Waals surface area contributed by atoms with E-state index in [1.165, 1.54) is 4.52 Å². The summed E-state index contributed by atoms with van der Waals surface area (Å²) in [6.07, 6.45) is 6.26. The summed E-state index contributed by atoms with van der Waals surface area (Å²) in [6.45, 7) is 0.162. The van der Waals surface area contributed by atoms with Crippen LogP contribution < -0.4 is 11.1 Å². The van der Waals surface area contributed by atoms with Gasteiger partial charge in [-0.15, -0.1) is 5.10 Å². The SMILES string of the molecule is Nc1nc(C#CCNC(=O)c2ccncc2)cn2nc(-c3ccco3)nc12. The number of nitrogens with one attached hydrogen (secondary N) is 1. The zero-order valence-electron chi connectivity index (χ0n) is 14.0. The second-order valence-electron chi connectivity index (χ2n) is 5.41. The number of nitrogens with two attached hydrogens (primary N) is 1. The van der Waals surface area contributed by atoms with Gasteiger partial charge in [0.05, 0.1) is 19.0 Å². The van der Waals surface area contributed by atoms with Gasteiger partial charge in [-0.1, -0.05) is 5.92 Å². The molecule has 0 aliphatic carbocycles. The fourth-order valence-corrected chi connectivity index (χ4v) is 2.35. The van der Waals surface area contributed by atoms with E-state index >= 15 is 0 Å². The molecule has 3 N–H and O–H groups in total. The maximum Gasteiger partial charge on any atom is 0.252 e. The van der Waals surface area contributed by atoms with Gasteiger partial charge >= 0.3 is 0 Å². The monoisotopic (exact) mass is 359 g/mol. The number of anilines is 1. The Morgan fingerprint density at radius 3 is 2.89 bits per heavy atom. The van der Waals surface area contributed by atoms with Crippen molar-refractivity contribution < 1.29 is 9.21 Å². The van der Waals surface area contributed by atoms with Crippen LogP contribution in [0.3, 0.4) is 0 Å². The molecule has 0 saturated carbocycles. The van der Waals surface area contributed by atoms with Gasteiger partial charge in [0.15, 0.2) is 17.2 Å². The second-order valence-corrected chi connectivity index (χ2v) is 5.41. The van der Waals surface area contributed by atoms with Gasteiger partial charge in [0.1, 0.15) is 5.69 Å². The van der Waals surface area contributed by atoms with Crippen LogP contribution in [0.25, 0.3) is 17.2 Å². The summed E-state index contributed by atoms with van der Waals surface area (Å²) < 4.78 is 6.79. The summed E-state index contributed by atoms with van der Waals surface area (Å²) >= 11 is 0. The molecular weight excluding hydrogens is 346 g/mol. The predicted octanol–water partition coefficient (Wildman–Crippen LogP) is 1.14. The number of hydrogen-bond acceptors (Lipinski definition) is 7. The van der Waals surface area contributed by atoms with Gasteiger partial charge in [-0.05, 0) is 30.2 Å². The van der Waals surface area contributed by atoms with Crippen molar-refractivity contribution in [1.29, 1.82) is 0 Å². The molecule has 0 radical (unpaired) electrons. The molecule has 0 saturated heterocycles. The van der Waals surface area contributed by atoms with E-state index in [-0.39, 0.29) is 18.3 Å². The number of nitrogens with zero attached hydrogens (tertiary/aromatic N) is 5. The van der Waals surface area contributed by atoms with Crippen LogP contribution in [0.1, 0.15) is 16.1 Å². The zero-order valence-corrected chi connectivity index (χ0v) is 14.0. The highest BCUT2D eigenvalue weighted by atomic mass is 16.3. The second kappa shape index (κ2) is 6.97. The van der Waals surface area contributed by atoms with Gasteiger partial charge < -0.3 is 15.5 Å². The highest BCUT2D eigenvalue weighted by Crippen LogP contribution is 2.18. The highest BCUT2D eigenvalue weighted by Gasteiger charge is 2.12. The van der Waals surface area contributed by atoms with Gasteiger partial charge in [0.25, 0.3) is 5.91 Å². The molecule has 9 nitrogen and oxygen atoms in total. The van der Waals surface area contributed by atoms with E-state index in [0.717, 1.165) is 0 Å². The summed E-state index contributed by atoms with van der Waals surface area (Å²) in [5, 5.41) is 7.02. The van der Waals surface area contributed by atoms with Crippen LogP contribution in [0, 0.1) is 11.8 Å². The minimum atomic E-state index is -0.228. The van der Waals surface area contributed by atoms with E-state index in [1.807, 2.05) is 0 Å². The van der Waals surface area contributed by atoms with Crippen LogP contribution in [-0.2, 0) is 0 Å². The minimum absolute atomic E-state index is 0.162. The van der Waals surface area contributed by atoms with Crippen molar-refractivity contribution in [2.24, 2.45) is 0 Å². The molecule has 0 spiro atoms. The molecule has 0 fully saturated rings. The summed E-state index contributed by atoms with van der Waals surface area (Å²) in [5.41, 5.74) is 7.29. The van der Waals surface area contributed by atoms with E-state index < -0.39 is 0 Å². The third kappa shape index (κ3) is 3.45. The van der Waals surface area contributed by atoms with Gasteiger partial charge in [-0.25, -0.2) is 14.5 Å². The van der Waals surface area contributed by atoms with Gasteiger partial charge in [-0.3, -0.25) is 9.78 Å². The van der Waals surface area contributed by atoms with E-state index in [1.54, 1.807) is 49.1 Å². The Hall–Kier alpha value is -4.19. The van der Waals surface area contributed by atoms with Gasteiger partial charge in [-0.2, -0.15) is 0 Å². The molecule has 4 aromatic heterocycles. The summed E-state index contributed by atoms with van der Waals surface area (Å²) in [7, 11) is 0. The quantitative estimate of drug-likeness (QED) is 0.526. The smallest absolute Gasteiger partial charge is 0.252 e. The number of furan rings is 1. The van der Waals surface area contributed by atoms with Gasteiger partial charge in [0.2, 0.25) is 5.82 Å². The molecule has 0 unspecified atom stereocenters. The predicted molar refractivity (Wildman–Crippen MR) is 96.3 cm³/mol. The van der Waals surface area contributed by atoms with Crippen molar-refractivity contribution >= 4 is 17.4 Å². The summed E-state index contributed by atoms with van der Waals surface area (Å²) in [6, 6.07) is 6.75. The van der Waals surface area contributed by atoms with Crippen molar-refractivity contribution in [3.8, 4) is 23.4 Å². The Morgan fingerprint density at radius 1 is 1.26 bits per heavy atom. The van der Waals surface area contributed by atoms with Crippen LogP contribution in [0.5, 0.6) is 0 Å². The Kier molecular flexibility index (Phi) is 4.20. The lowest BCUT2D eigenvalue weighted by Gasteiger charge is -2.00. The van der Waals surface area contributed by atoms with Crippen molar-refractivity contribution in [2.75, 3.05) is 12.3 Å². The Morgan fingerprint density at radius 2 is 2.11 bits per heavy atom. The fraction of sp³-hybridized carbons (Fsp3) is 0.0556. The van der Waals surface area contributed by atoms with Crippen LogP contribution in [-0.4, -0.2) is 37.0 Å². The average Bonchev–Trinajstić information content (AvgIpc) is 3.35. The number of aromatic nitrogens is 5. The number of pyridine rings is 1. The first kappa shape index (κ1) is 16.3. The Labute approximate surface area is 153 Å². The van der Waals surface area contributed by atoms with Crippen LogP contribution in [0.2, 0.25) is 0 Å². The zero-order chi connectivity index (χ0) is 18.6. The number of fused-ring (bicyclic) bond motifs is 1. The molecule has 0 bridgehead atoms. The molecule has 4 rings (SSSR count). The third-order valence-electron chi connectivity index (χ3n) is 3.58. The largest absolute Gasteiger partial charge is 0.461 e. The number of carbonyl (C=O) groups excluding carboxylic acids is 1. The molecule has 9 heteroatoms. The standard InChI is InChI=1S/C18H13N7O2/c19-15-17-23-16(14-4-2-10-27-14)24-25(17)11-13(22-15)3-1-7-21-18(26)12-5-8-20-9-6-12/h2,4-6,8-11H,7H2,(H2,19,22)(H,21,26). The molecule has 0 aliphatic rings. The number of carbonyl (C=O) groups is 1. The highest BCUT2D eigenvalue weighted by molar-refractivity contribution is 5.94. The number of rotatable bonds is 3. The topological polar surface area (TPSA) is 124 Å². The molecule has 0 atom stereocenters. The van der Waals surface area contributed by atoms with E-state index in [2.05, 4.69) is 37.2 Å². The fourth-order valence-electron chi connectivity index (χ4n) is 2.35. The van der Waals surface area contributed by atoms with Crippen molar-refractivity contribution in [2.45, 2.75) is 0 Å². The molecule has 27 heavy (non-hydrogen) atoms. The van der Waals surface area contributed by atoms with Crippen molar-refractivity contribution in [3.63, 3.8) is 0 Å². The van der Waals surface area contributed by atoms with Crippen molar-refractivity contribution in [3.05, 3.63) is 60.4 Å². The Bertz CT molecular complexity index is 1160. The van der Waals surface area contributed by atoms with Crippen LogP contribution >= 0.6 is 0 Å². The minimum Gasteiger partial charge on any atom is -0.461 e. The number of hydrogen-bond donors (Lipinski definition) is 2. The first-order chi connectivity index (χ1) is 13.2. The molecule has 0 aliphatic heterocycles. The lowest BCUT2D eigenvalue weighted by atomic mass is 10.2. The maximum atomic E-state index is 11.9. The lowest BCUT2D eigenvalue weighted by molar-refractivity contribution is 0.0958. The normalized spacial score (nSPS) is 10.4. The molecule has 132 valence electrons. The summed E-state index contributed by atoms with van der Waals surface area (Å²) in [4.78, 5) is 24.3. The van der Waals surface area contributed by atoms with Crippen LogP contribution in [0.15, 0.2) is 53.5 Å². The van der Waals surface area contributed by atoms with Crippen LogP contribution in [0.4, 0.5) is 5.82 Å². The first-order valence-electron chi connectivity index (χ1n) is 7.94. The van der Waals surface area contributed by atoms with E-state index in [0.29, 0.717) is 28.5 Å². The lowest BCUT2D eigenvalue weighted by Crippen LogP contribution is -2.23.